The van der Waals surface area contributed by atoms with E-state index in [4.69, 9.17) is 4.43 Å². The Labute approximate surface area is 121 Å². The Morgan fingerprint density at radius 2 is 2.05 bits per heavy atom. The van der Waals surface area contributed by atoms with Crippen molar-refractivity contribution in [3.8, 4) is 5.75 Å². The Morgan fingerprint density at radius 1 is 1.30 bits per heavy atom. The van der Waals surface area contributed by atoms with Crippen molar-refractivity contribution in [2.45, 2.75) is 26.1 Å². The third kappa shape index (κ3) is 3.57. The van der Waals surface area contributed by atoms with Crippen LogP contribution >= 0.6 is 0 Å². The first-order valence-electron chi connectivity index (χ1n) is 6.84. The highest BCUT2D eigenvalue weighted by atomic mass is 28.3. The fraction of sp³-hybridized carbons (Fsp3) is 0.333. The monoisotopic (exact) mass is 287 g/mol. The lowest BCUT2D eigenvalue weighted by atomic mass is 10.1. The van der Waals surface area contributed by atoms with Crippen molar-refractivity contribution in [3.05, 3.63) is 47.8 Å². The molecule has 2 aromatic rings. The minimum Gasteiger partial charge on any atom is -0.547 e. The highest BCUT2D eigenvalue weighted by molar-refractivity contribution is 6.49. The fourth-order valence-electron chi connectivity index (χ4n) is 1.97. The van der Waals surface area contributed by atoms with Crippen LogP contribution in [0.2, 0.25) is 13.1 Å². The molecule has 0 saturated heterocycles. The van der Waals surface area contributed by atoms with E-state index >= 15 is 0 Å². The van der Waals surface area contributed by atoms with E-state index in [-0.39, 0.29) is 6.04 Å². The van der Waals surface area contributed by atoms with E-state index in [9.17, 15) is 0 Å². The largest absolute Gasteiger partial charge is 0.547 e. The molecule has 0 aliphatic carbocycles. The van der Waals surface area contributed by atoms with Crippen molar-refractivity contribution in [2.24, 2.45) is 12.0 Å². The zero-order chi connectivity index (χ0) is 14.5. The summed E-state index contributed by atoms with van der Waals surface area (Å²) in [6.07, 6.45) is 3.63. The molecule has 0 fully saturated rings. The van der Waals surface area contributed by atoms with Crippen LogP contribution in [0.4, 0.5) is 0 Å². The first kappa shape index (κ1) is 14.5. The van der Waals surface area contributed by atoms with Gasteiger partial charge in [-0.3, -0.25) is 9.67 Å². The summed E-state index contributed by atoms with van der Waals surface area (Å²) in [5, 5.41) is 4.13. The lowest BCUT2D eigenvalue weighted by Gasteiger charge is -2.16. The van der Waals surface area contributed by atoms with Crippen LogP contribution in [0.25, 0.3) is 0 Å². The van der Waals surface area contributed by atoms with Gasteiger partial charge in [-0.1, -0.05) is 18.2 Å². The summed E-state index contributed by atoms with van der Waals surface area (Å²) in [7, 11) is 0.800. The predicted molar refractivity (Wildman–Crippen MR) is 85.2 cm³/mol. The van der Waals surface area contributed by atoms with Gasteiger partial charge in [0.1, 0.15) is 5.75 Å². The summed E-state index contributed by atoms with van der Waals surface area (Å²) < 4.78 is 7.78. The second-order valence-corrected chi connectivity index (χ2v) is 7.37. The second kappa shape index (κ2) is 6.52. The van der Waals surface area contributed by atoms with Gasteiger partial charge in [-0.15, -0.1) is 0 Å². The minimum absolute atomic E-state index is 0.0637. The van der Waals surface area contributed by atoms with Gasteiger partial charge in [-0.05, 0) is 32.2 Å². The molecule has 0 saturated carbocycles. The maximum Gasteiger partial charge on any atom is 0.229 e. The van der Waals surface area contributed by atoms with Crippen LogP contribution < -0.4 is 4.43 Å². The van der Waals surface area contributed by atoms with Crippen LogP contribution in [-0.2, 0) is 7.05 Å². The van der Waals surface area contributed by atoms with Gasteiger partial charge in [0.25, 0.3) is 0 Å². The van der Waals surface area contributed by atoms with E-state index in [1.165, 1.54) is 0 Å². The molecular formula is C15H21N3OSi. The molecule has 1 heterocycles. The van der Waals surface area contributed by atoms with E-state index in [0.717, 1.165) is 17.0 Å². The molecule has 0 bridgehead atoms. The Bertz CT molecular complexity index is 592. The molecule has 20 heavy (non-hydrogen) atoms. The van der Waals surface area contributed by atoms with E-state index < -0.39 is 9.04 Å². The summed E-state index contributed by atoms with van der Waals surface area (Å²) in [4.78, 5) is 4.62. The number of rotatable bonds is 5. The highest BCUT2D eigenvalue weighted by Gasteiger charge is 2.11. The Kier molecular flexibility index (Phi) is 4.73. The van der Waals surface area contributed by atoms with Gasteiger partial charge in [0.05, 0.1) is 11.7 Å². The molecule has 2 rings (SSSR count). The first-order valence-corrected chi connectivity index (χ1v) is 9.62. The molecular weight excluding hydrogens is 266 g/mol. The zero-order valence-corrected chi connectivity index (χ0v) is 13.6. The van der Waals surface area contributed by atoms with E-state index in [1.54, 1.807) is 10.9 Å². The van der Waals surface area contributed by atoms with E-state index in [1.807, 2.05) is 37.5 Å². The molecule has 0 aliphatic heterocycles. The van der Waals surface area contributed by atoms with Gasteiger partial charge >= 0.3 is 0 Å². The van der Waals surface area contributed by atoms with Gasteiger partial charge in [-0.2, -0.15) is 5.10 Å². The third-order valence-corrected chi connectivity index (χ3v) is 3.75. The summed E-state index contributed by atoms with van der Waals surface area (Å²) in [5.41, 5.74) is 2.13. The minimum atomic E-state index is -1.11. The summed E-state index contributed by atoms with van der Waals surface area (Å²) >= 11 is 0. The molecule has 4 nitrogen and oxygen atoms in total. The number of nitrogens with zero attached hydrogens (tertiary/aromatic N) is 3. The highest BCUT2D eigenvalue weighted by Crippen LogP contribution is 2.27. The third-order valence-electron chi connectivity index (χ3n) is 3.02. The lowest BCUT2D eigenvalue weighted by molar-refractivity contribution is 0.563. The molecule has 0 radical (unpaired) electrons. The SMILES string of the molecule is CC(N=Cc1ccnn1C)c1ccccc1O[SiH](C)C. The van der Waals surface area contributed by atoms with Gasteiger partial charge < -0.3 is 4.43 Å². The molecule has 0 aliphatic rings. The lowest BCUT2D eigenvalue weighted by Crippen LogP contribution is -2.13. The number of benzene rings is 1. The second-order valence-electron chi connectivity index (χ2n) is 5.04. The van der Waals surface area contributed by atoms with Crippen molar-refractivity contribution >= 4 is 15.3 Å². The number of hydrogen-bond acceptors (Lipinski definition) is 3. The van der Waals surface area contributed by atoms with Gasteiger partial charge in [0.15, 0.2) is 0 Å². The molecule has 0 N–H and O–H groups in total. The van der Waals surface area contributed by atoms with Crippen LogP contribution in [-0.4, -0.2) is 25.0 Å². The molecule has 1 atom stereocenters. The van der Waals surface area contributed by atoms with Crippen LogP contribution in [0.1, 0.15) is 24.2 Å². The maximum absolute atomic E-state index is 5.97. The molecule has 5 heteroatoms. The van der Waals surface area contributed by atoms with Crippen LogP contribution in [0.15, 0.2) is 41.5 Å². The summed E-state index contributed by atoms with van der Waals surface area (Å²) in [5.74, 6) is 0.962. The number of para-hydroxylation sites is 1. The number of aliphatic imine (C=N–C) groups is 1. The molecule has 0 spiro atoms. The smallest absolute Gasteiger partial charge is 0.229 e. The molecule has 1 aromatic heterocycles. The van der Waals surface area contributed by atoms with Crippen LogP contribution in [0, 0.1) is 0 Å². The number of aromatic nitrogens is 2. The zero-order valence-electron chi connectivity index (χ0n) is 12.4. The maximum atomic E-state index is 5.97. The van der Waals surface area contributed by atoms with Gasteiger partial charge in [-0.25, -0.2) is 0 Å². The van der Waals surface area contributed by atoms with Crippen molar-refractivity contribution in [1.29, 1.82) is 0 Å². The molecule has 106 valence electrons. The van der Waals surface area contributed by atoms with Crippen molar-refractivity contribution < 1.29 is 4.43 Å². The first-order chi connectivity index (χ1) is 9.58. The average Bonchev–Trinajstić information content (AvgIpc) is 2.81. The summed E-state index contributed by atoms with van der Waals surface area (Å²) in [6.45, 7) is 6.41. The van der Waals surface area contributed by atoms with E-state index in [2.05, 4.69) is 36.2 Å². The molecule has 1 unspecified atom stereocenters. The average molecular weight is 287 g/mol. The van der Waals surface area contributed by atoms with E-state index in [0.29, 0.717) is 0 Å². The van der Waals surface area contributed by atoms with Crippen molar-refractivity contribution in [2.75, 3.05) is 0 Å². The number of aryl methyl sites for hydroxylation is 1. The van der Waals surface area contributed by atoms with Crippen molar-refractivity contribution in [1.82, 2.24) is 9.78 Å². The van der Waals surface area contributed by atoms with Gasteiger partial charge in [0.2, 0.25) is 9.04 Å². The van der Waals surface area contributed by atoms with Gasteiger partial charge in [0, 0.05) is 25.0 Å². The molecule has 1 aromatic carbocycles. The normalized spacial score (nSPS) is 13.1. The Hall–Kier alpha value is -1.88. The van der Waals surface area contributed by atoms with Crippen LogP contribution in [0.3, 0.4) is 0 Å². The van der Waals surface area contributed by atoms with Crippen molar-refractivity contribution in [3.63, 3.8) is 0 Å². The predicted octanol–water partition coefficient (Wildman–Crippen LogP) is 2.96. The standard InChI is InChI=1S/C15H21N3OSi/c1-12(16-11-13-9-10-17-18(13)2)14-7-5-6-8-15(14)19-20(3)4/h5-12,20H,1-4H3. The van der Waals surface area contributed by atoms with Crippen LogP contribution in [0.5, 0.6) is 5.75 Å². The Balaban J connectivity index is 2.19. The summed E-state index contributed by atoms with van der Waals surface area (Å²) in [6, 6.07) is 10.1. The molecule has 0 amide bonds. The quantitative estimate of drug-likeness (QED) is 0.626. The fourth-order valence-corrected chi connectivity index (χ4v) is 2.69. The Morgan fingerprint density at radius 3 is 2.70 bits per heavy atom. The topological polar surface area (TPSA) is 39.4 Å². The number of hydrogen-bond donors (Lipinski definition) is 0.